The van der Waals surface area contributed by atoms with Gasteiger partial charge in [-0.05, 0) is 54.2 Å². The van der Waals surface area contributed by atoms with Gasteiger partial charge in [0.05, 0.1) is 0 Å². The molecule has 0 saturated heterocycles. The number of amides is 1. The molecule has 0 saturated carbocycles. The van der Waals surface area contributed by atoms with E-state index in [0.29, 0.717) is 22.7 Å². The summed E-state index contributed by atoms with van der Waals surface area (Å²) in [7, 11) is 0. The van der Waals surface area contributed by atoms with E-state index in [9.17, 15) is 4.79 Å². The standard InChI is InChI=1S/C15H10N2O3S/c16-8-21-12-4-2-11(3-5-12)17-15(18)10-1-6-13-14(7-10)20-9-19-13/h1-7H,9H2,(H,17,18). The van der Waals surface area contributed by atoms with Crippen molar-refractivity contribution in [2.75, 3.05) is 12.1 Å². The van der Waals surface area contributed by atoms with Gasteiger partial charge in [-0.15, -0.1) is 0 Å². The zero-order valence-electron chi connectivity index (χ0n) is 10.8. The highest BCUT2D eigenvalue weighted by molar-refractivity contribution is 8.03. The number of carbonyl (C=O) groups excluding carboxylic acids is 1. The summed E-state index contributed by atoms with van der Waals surface area (Å²) in [5, 5.41) is 13.4. The number of hydrogen-bond donors (Lipinski definition) is 1. The zero-order chi connectivity index (χ0) is 14.7. The monoisotopic (exact) mass is 298 g/mol. The fourth-order valence-electron chi connectivity index (χ4n) is 1.90. The number of nitrogens with one attached hydrogen (secondary N) is 1. The van der Waals surface area contributed by atoms with E-state index in [1.165, 1.54) is 0 Å². The Kier molecular flexibility index (Phi) is 3.67. The van der Waals surface area contributed by atoms with Crippen molar-refractivity contribution in [3.8, 4) is 16.9 Å². The van der Waals surface area contributed by atoms with Crippen LogP contribution in [0.2, 0.25) is 0 Å². The average molecular weight is 298 g/mol. The van der Waals surface area contributed by atoms with Gasteiger partial charge < -0.3 is 14.8 Å². The molecule has 0 spiro atoms. The van der Waals surface area contributed by atoms with Gasteiger partial charge in [0.15, 0.2) is 11.5 Å². The molecule has 21 heavy (non-hydrogen) atoms. The van der Waals surface area contributed by atoms with Crippen LogP contribution in [-0.4, -0.2) is 12.7 Å². The molecule has 1 amide bonds. The van der Waals surface area contributed by atoms with E-state index in [-0.39, 0.29) is 12.7 Å². The highest BCUT2D eigenvalue weighted by Crippen LogP contribution is 2.32. The quantitative estimate of drug-likeness (QED) is 0.695. The van der Waals surface area contributed by atoms with Crippen molar-refractivity contribution in [1.29, 1.82) is 5.26 Å². The minimum atomic E-state index is -0.228. The minimum Gasteiger partial charge on any atom is -0.454 e. The maximum absolute atomic E-state index is 12.2. The highest BCUT2D eigenvalue weighted by Gasteiger charge is 2.16. The Labute approximate surface area is 125 Å². The smallest absolute Gasteiger partial charge is 0.255 e. The van der Waals surface area contributed by atoms with Gasteiger partial charge in [0.1, 0.15) is 5.40 Å². The van der Waals surface area contributed by atoms with Gasteiger partial charge in [-0.3, -0.25) is 4.79 Å². The number of ether oxygens (including phenoxy) is 2. The lowest BCUT2D eigenvalue weighted by molar-refractivity contribution is 0.102. The number of hydrogen-bond acceptors (Lipinski definition) is 5. The topological polar surface area (TPSA) is 71.4 Å². The van der Waals surface area contributed by atoms with E-state index < -0.39 is 0 Å². The summed E-state index contributed by atoms with van der Waals surface area (Å²) in [6.45, 7) is 0.179. The molecule has 0 aliphatic carbocycles. The summed E-state index contributed by atoms with van der Waals surface area (Å²) in [6.07, 6.45) is 0. The molecule has 2 aromatic carbocycles. The summed E-state index contributed by atoms with van der Waals surface area (Å²) >= 11 is 1.08. The summed E-state index contributed by atoms with van der Waals surface area (Å²) < 4.78 is 10.5. The molecule has 0 atom stereocenters. The molecule has 2 aromatic rings. The van der Waals surface area contributed by atoms with Crippen LogP contribution >= 0.6 is 11.8 Å². The first-order chi connectivity index (χ1) is 10.3. The lowest BCUT2D eigenvalue weighted by Gasteiger charge is -2.06. The van der Waals surface area contributed by atoms with E-state index in [4.69, 9.17) is 14.7 Å². The fourth-order valence-corrected chi connectivity index (χ4v) is 2.28. The van der Waals surface area contributed by atoms with Crippen molar-refractivity contribution < 1.29 is 14.3 Å². The third kappa shape index (κ3) is 2.93. The molecule has 0 radical (unpaired) electrons. The Bertz CT molecular complexity index is 723. The molecule has 0 unspecified atom stereocenters. The average Bonchev–Trinajstić information content (AvgIpc) is 2.97. The number of nitriles is 1. The first-order valence-electron chi connectivity index (χ1n) is 6.13. The van der Waals surface area contributed by atoms with Crippen molar-refractivity contribution in [2.24, 2.45) is 0 Å². The minimum absolute atomic E-state index is 0.179. The Morgan fingerprint density at radius 2 is 1.90 bits per heavy atom. The van der Waals surface area contributed by atoms with Gasteiger partial charge in [0.2, 0.25) is 6.79 Å². The highest BCUT2D eigenvalue weighted by atomic mass is 32.2. The van der Waals surface area contributed by atoms with Crippen molar-refractivity contribution >= 4 is 23.4 Å². The maximum atomic E-state index is 12.2. The molecule has 3 rings (SSSR count). The Morgan fingerprint density at radius 3 is 2.67 bits per heavy atom. The summed E-state index contributed by atoms with van der Waals surface area (Å²) in [5.74, 6) is 0.988. The van der Waals surface area contributed by atoms with Gasteiger partial charge in [0.25, 0.3) is 5.91 Å². The van der Waals surface area contributed by atoms with Crippen LogP contribution in [0.15, 0.2) is 47.4 Å². The summed E-state index contributed by atoms with van der Waals surface area (Å²) in [5.41, 5.74) is 1.16. The number of carbonyl (C=O) groups is 1. The van der Waals surface area contributed by atoms with Crippen molar-refractivity contribution in [3.63, 3.8) is 0 Å². The third-order valence-corrected chi connectivity index (χ3v) is 3.51. The normalized spacial score (nSPS) is 11.8. The van der Waals surface area contributed by atoms with E-state index in [1.807, 2.05) is 5.40 Å². The van der Waals surface area contributed by atoms with Gasteiger partial charge in [-0.1, -0.05) is 0 Å². The van der Waals surface area contributed by atoms with E-state index >= 15 is 0 Å². The van der Waals surface area contributed by atoms with Gasteiger partial charge in [-0.2, -0.15) is 5.26 Å². The molecule has 1 heterocycles. The second kappa shape index (κ2) is 5.77. The maximum Gasteiger partial charge on any atom is 0.255 e. The van der Waals surface area contributed by atoms with Crippen LogP contribution in [-0.2, 0) is 0 Å². The van der Waals surface area contributed by atoms with E-state index in [0.717, 1.165) is 16.7 Å². The number of benzene rings is 2. The molecule has 1 N–H and O–H groups in total. The van der Waals surface area contributed by atoms with Crippen molar-refractivity contribution in [3.05, 3.63) is 48.0 Å². The summed E-state index contributed by atoms with van der Waals surface area (Å²) in [6, 6.07) is 12.1. The Balaban J connectivity index is 1.72. The molecule has 5 nitrogen and oxygen atoms in total. The molecule has 6 heteroatoms. The second-order valence-corrected chi connectivity index (χ2v) is 5.10. The lowest BCUT2D eigenvalue weighted by Crippen LogP contribution is -2.11. The molecular formula is C15H10N2O3S. The molecule has 0 aromatic heterocycles. The molecule has 0 fully saturated rings. The predicted molar refractivity (Wildman–Crippen MR) is 78.4 cm³/mol. The number of nitrogens with zero attached hydrogens (tertiary/aromatic N) is 1. The lowest BCUT2D eigenvalue weighted by atomic mass is 10.2. The van der Waals surface area contributed by atoms with Crippen LogP contribution in [0.25, 0.3) is 0 Å². The van der Waals surface area contributed by atoms with Crippen LogP contribution < -0.4 is 14.8 Å². The number of fused-ring (bicyclic) bond motifs is 1. The van der Waals surface area contributed by atoms with Crippen LogP contribution in [0.1, 0.15) is 10.4 Å². The van der Waals surface area contributed by atoms with Crippen LogP contribution in [0.4, 0.5) is 5.69 Å². The first-order valence-corrected chi connectivity index (χ1v) is 6.95. The van der Waals surface area contributed by atoms with Crippen LogP contribution in [0.3, 0.4) is 0 Å². The first kappa shape index (κ1) is 13.3. The predicted octanol–water partition coefficient (Wildman–Crippen LogP) is 3.24. The summed E-state index contributed by atoms with van der Waals surface area (Å²) in [4.78, 5) is 13.0. The SMILES string of the molecule is N#CSc1ccc(NC(=O)c2ccc3c(c2)OCO3)cc1. The largest absolute Gasteiger partial charge is 0.454 e. The van der Waals surface area contributed by atoms with Gasteiger partial charge in [-0.25, -0.2) is 0 Å². The fraction of sp³-hybridized carbons (Fsp3) is 0.0667. The molecule has 104 valence electrons. The van der Waals surface area contributed by atoms with E-state index in [1.54, 1.807) is 42.5 Å². The van der Waals surface area contributed by atoms with Gasteiger partial charge >= 0.3 is 0 Å². The second-order valence-electron chi connectivity index (χ2n) is 4.24. The molecule has 0 bridgehead atoms. The van der Waals surface area contributed by atoms with Gasteiger partial charge in [0, 0.05) is 16.1 Å². The Hall–Kier alpha value is -2.65. The number of thiocyanates is 1. The Morgan fingerprint density at radius 1 is 1.14 bits per heavy atom. The van der Waals surface area contributed by atoms with Crippen molar-refractivity contribution in [2.45, 2.75) is 4.90 Å². The van der Waals surface area contributed by atoms with E-state index in [2.05, 4.69) is 5.32 Å². The van der Waals surface area contributed by atoms with Crippen molar-refractivity contribution in [1.82, 2.24) is 0 Å². The molecule has 1 aliphatic rings. The third-order valence-electron chi connectivity index (χ3n) is 2.91. The molecule has 1 aliphatic heterocycles. The number of rotatable bonds is 3. The zero-order valence-corrected chi connectivity index (χ0v) is 11.6. The molecular weight excluding hydrogens is 288 g/mol. The van der Waals surface area contributed by atoms with Crippen LogP contribution in [0, 0.1) is 10.7 Å². The number of thioether (sulfide) groups is 1. The van der Waals surface area contributed by atoms with Crippen LogP contribution in [0.5, 0.6) is 11.5 Å². The number of anilines is 1.